The summed E-state index contributed by atoms with van der Waals surface area (Å²) in [6, 6.07) is 6.35. The zero-order chi connectivity index (χ0) is 22.4. The second-order valence-corrected chi connectivity index (χ2v) is 7.20. The molecule has 0 bridgehead atoms. The van der Waals surface area contributed by atoms with Gasteiger partial charge in [0.15, 0.2) is 24.5 Å². The van der Waals surface area contributed by atoms with Gasteiger partial charge in [0.2, 0.25) is 0 Å². The van der Waals surface area contributed by atoms with Gasteiger partial charge in [0.05, 0.1) is 24.1 Å². The number of nitrogens with zero attached hydrogens (tertiary/aromatic N) is 5. The number of aliphatic hydroxyl groups excluding tert-OH is 2. The largest absolute Gasteiger partial charge is 0.387 e. The normalized spacial score (nSPS) is 25.1. The first-order valence-electron chi connectivity index (χ1n) is 9.60. The summed E-state index contributed by atoms with van der Waals surface area (Å²) in [5.74, 6) is -1.00. The van der Waals surface area contributed by atoms with Crippen LogP contribution < -0.4 is 5.73 Å². The van der Waals surface area contributed by atoms with Crippen LogP contribution in [0.1, 0.15) is 26.9 Å². The van der Waals surface area contributed by atoms with Crippen molar-refractivity contribution in [2.45, 2.75) is 24.5 Å². The van der Waals surface area contributed by atoms with E-state index in [-0.39, 0.29) is 23.6 Å². The Labute approximate surface area is 179 Å². The molecule has 1 aromatic carbocycles. The second kappa shape index (κ2) is 7.89. The summed E-state index contributed by atoms with van der Waals surface area (Å²) < 4.78 is 12.5. The average Bonchev–Trinajstić information content (AvgIpc) is 3.42. The number of carbonyl (C=O) groups is 2. The number of anilines is 1. The molecule has 4 N–H and O–H groups in total. The van der Waals surface area contributed by atoms with Crippen molar-refractivity contribution in [1.29, 1.82) is 0 Å². The molecule has 0 saturated carbocycles. The molecule has 1 saturated heterocycles. The fraction of sp³-hybridized carbons (Fsp3) is 0.316. The van der Waals surface area contributed by atoms with Gasteiger partial charge in [0.25, 0.3) is 11.8 Å². The van der Waals surface area contributed by atoms with Crippen LogP contribution in [-0.4, -0.2) is 78.3 Å². The monoisotopic (exact) mass is 442 g/mol. The van der Waals surface area contributed by atoms with E-state index in [1.54, 1.807) is 12.1 Å². The molecule has 4 atom stereocenters. The molecule has 3 aromatic rings. The maximum absolute atomic E-state index is 12.3. The number of aromatic nitrogens is 4. The van der Waals surface area contributed by atoms with E-state index >= 15 is 0 Å². The molecular weight excluding hydrogens is 424 g/mol. The van der Waals surface area contributed by atoms with Gasteiger partial charge in [-0.15, -0.1) is 5.06 Å². The Balaban J connectivity index is 1.19. The molecular formula is C19H18N6O7. The first-order valence-corrected chi connectivity index (χ1v) is 9.60. The fourth-order valence-electron chi connectivity index (χ4n) is 3.69. The predicted octanol–water partition coefficient (Wildman–Crippen LogP) is -0.770. The Morgan fingerprint density at radius 3 is 2.50 bits per heavy atom. The molecule has 32 heavy (non-hydrogen) atoms. The minimum atomic E-state index is -1.30. The van der Waals surface area contributed by atoms with Crippen LogP contribution in [0.5, 0.6) is 0 Å². The van der Waals surface area contributed by atoms with Crippen LogP contribution in [0.15, 0.2) is 36.9 Å². The fourth-order valence-corrected chi connectivity index (χ4v) is 3.69. The SMILES string of the molecule is Nc1ncnc2c1ncn2[C@@H]1O[C@H](COCON2C(=O)c3ccccc3C2=O)[C@@H](O)[C@H]1O. The van der Waals surface area contributed by atoms with Gasteiger partial charge in [-0.2, -0.15) is 0 Å². The van der Waals surface area contributed by atoms with E-state index in [9.17, 15) is 19.8 Å². The third kappa shape index (κ3) is 3.19. The zero-order valence-corrected chi connectivity index (χ0v) is 16.4. The minimum absolute atomic E-state index is 0.173. The highest BCUT2D eigenvalue weighted by Crippen LogP contribution is 2.32. The van der Waals surface area contributed by atoms with Gasteiger partial charge in [-0.05, 0) is 12.1 Å². The predicted molar refractivity (Wildman–Crippen MR) is 105 cm³/mol. The maximum atomic E-state index is 12.3. The number of nitrogen functional groups attached to an aromatic ring is 1. The van der Waals surface area contributed by atoms with Crippen molar-refractivity contribution in [1.82, 2.24) is 24.6 Å². The molecule has 0 radical (unpaired) electrons. The molecule has 0 spiro atoms. The molecule has 2 aromatic heterocycles. The first kappa shape index (κ1) is 20.4. The summed E-state index contributed by atoms with van der Waals surface area (Å²) >= 11 is 0. The van der Waals surface area contributed by atoms with E-state index < -0.39 is 43.1 Å². The summed E-state index contributed by atoms with van der Waals surface area (Å²) in [7, 11) is 0. The van der Waals surface area contributed by atoms with Gasteiger partial charge in [-0.25, -0.2) is 19.8 Å². The number of carbonyl (C=O) groups excluding carboxylic acids is 2. The lowest BCUT2D eigenvalue weighted by Gasteiger charge is -2.17. The molecule has 0 unspecified atom stereocenters. The van der Waals surface area contributed by atoms with Crippen LogP contribution >= 0.6 is 0 Å². The third-order valence-electron chi connectivity index (χ3n) is 5.30. The molecule has 2 aliphatic rings. The standard InChI is InChI=1S/C19H18N6O7/c20-15-12-16(22-6-21-15)24(7-23-12)19-14(27)13(26)11(32-19)5-30-8-31-25-17(28)9-3-1-2-4-10(9)18(25)29/h1-4,6-7,11,13-14,19,26-27H,5,8H2,(H2,20,21,22)/t11-,13-,14-,19-/m1/s1. The highest BCUT2D eigenvalue weighted by molar-refractivity contribution is 6.20. The quantitative estimate of drug-likeness (QED) is 0.248. The van der Waals surface area contributed by atoms with Gasteiger partial charge in [-0.1, -0.05) is 12.1 Å². The Morgan fingerprint density at radius 2 is 1.78 bits per heavy atom. The van der Waals surface area contributed by atoms with Gasteiger partial charge in [-0.3, -0.25) is 14.2 Å². The molecule has 2 aliphatic heterocycles. The Kier molecular flexibility index (Phi) is 5.03. The smallest absolute Gasteiger partial charge is 0.285 e. The lowest BCUT2D eigenvalue weighted by Crippen LogP contribution is -2.35. The molecule has 1 fully saturated rings. The second-order valence-electron chi connectivity index (χ2n) is 7.20. The van der Waals surface area contributed by atoms with Gasteiger partial charge < -0.3 is 25.4 Å². The summed E-state index contributed by atoms with van der Waals surface area (Å²) in [4.78, 5) is 41.8. The Hall–Kier alpha value is -3.49. The average molecular weight is 442 g/mol. The first-order chi connectivity index (χ1) is 15.5. The van der Waals surface area contributed by atoms with E-state index in [4.69, 9.17) is 20.0 Å². The molecule has 13 nitrogen and oxygen atoms in total. The Morgan fingerprint density at radius 1 is 1.06 bits per heavy atom. The number of aliphatic hydroxyl groups is 2. The number of fused-ring (bicyclic) bond motifs is 2. The summed E-state index contributed by atoms with van der Waals surface area (Å²) in [6.45, 7) is -0.627. The minimum Gasteiger partial charge on any atom is -0.387 e. The number of ether oxygens (including phenoxy) is 2. The number of rotatable bonds is 6. The molecule has 4 heterocycles. The van der Waals surface area contributed by atoms with Gasteiger partial charge >= 0.3 is 0 Å². The van der Waals surface area contributed by atoms with Crippen molar-refractivity contribution in [2.24, 2.45) is 0 Å². The molecule has 13 heteroatoms. The number of hydrogen-bond acceptors (Lipinski definition) is 11. The highest BCUT2D eigenvalue weighted by atomic mass is 16.8. The lowest BCUT2D eigenvalue weighted by atomic mass is 10.1. The maximum Gasteiger partial charge on any atom is 0.285 e. The van der Waals surface area contributed by atoms with E-state index in [0.717, 1.165) is 0 Å². The van der Waals surface area contributed by atoms with Crippen LogP contribution in [-0.2, 0) is 14.3 Å². The van der Waals surface area contributed by atoms with Crippen LogP contribution in [0, 0.1) is 0 Å². The van der Waals surface area contributed by atoms with Crippen molar-refractivity contribution < 1.29 is 34.1 Å². The van der Waals surface area contributed by atoms with Crippen molar-refractivity contribution in [3.05, 3.63) is 48.0 Å². The van der Waals surface area contributed by atoms with Crippen LogP contribution in [0.25, 0.3) is 11.2 Å². The van der Waals surface area contributed by atoms with Crippen molar-refractivity contribution in [3.8, 4) is 0 Å². The Bertz CT molecular complexity index is 1160. The highest BCUT2D eigenvalue weighted by Gasteiger charge is 2.44. The van der Waals surface area contributed by atoms with Gasteiger partial charge in [0, 0.05) is 0 Å². The number of amides is 2. The van der Waals surface area contributed by atoms with Crippen LogP contribution in [0.4, 0.5) is 5.82 Å². The topological polar surface area (TPSA) is 175 Å². The molecule has 2 amide bonds. The van der Waals surface area contributed by atoms with E-state index in [0.29, 0.717) is 16.2 Å². The van der Waals surface area contributed by atoms with Crippen LogP contribution in [0.3, 0.4) is 0 Å². The number of imide groups is 1. The van der Waals surface area contributed by atoms with Crippen LogP contribution in [0.2, 0.25) is 0 Å². The number of hydroxylamine groups is 2. The molecule has 0 aliphatic carbocycles. The van der Waals surface area contributed by atoms with E-state index in [2.05, 4.69) is 15.0 Å². The van der Waals surface area contributed by atoms with Gasteiger partial charge in [0.1, 0.15) is 30.2 Å². The number of imidazole rings is 1. The zero-order valence-electron chi connectivity index (χ0n) is 16.4. The lowest BCUT2D eigenvalue weighted by molar-refractivity contribution is -0.184. The van der Waals surface area contributed by atoms with E-state index in [1.807, 2.05) is 0 Å². The third-order valence-corrected chi connectivity index (χ3v) is 5.30. The van der Waals surface area contributed by atoms with Crippen molar-refractivity contribution >= 4 is 28.8 Å². The number of nitrogens with two attached hydrogens (primary N) is 1. The molecule has 5 rings (SSSR count). The summed E-state index contributed by atoms with van der Waals surface area (Å²) in [5, 5.41) is 21.4. The molecule has 166 valence electrons. The van der Waals surface area contributed by atoms with Crippen molar-refractivity contribution in [3.63, 3.8) is 0 Å². The van der Waals surface area contributed by atoms with Crippen molar-refractivity contribution in [2.75, 3.05) is 19.1 Å². The summed E-state index contributed by atoms with van der Waals surface area (Å²) in [6.07, 6.45) is -1.85. The number of benzene rings is 1. The van der Waals surface area contributed by atoms with E-state index in [1.165, 1.54) is 29.4 Å². The summed E-state index contributed by atoms with van der Waals surface area (Å²) in [5.41, 5.74) is 6.94. The number of hydrogen-bond donors (Lipinski definition) is 3.